The van der Waals surface area contributed by atoms with Gasteiger partial charge in [-0.15, -0.1) is 0 Å². The monoisotopic (exact) mass is 235 g/mol. The van der Waals surface area contributed by atoms with Gasteiger partial charge < -0.3 is 0 Å². The summed E-state index contributed by atoms with van der Waals surface area (Å²) in [4.78, 5) is 24.1. The molecule has 0 amide bonds. The maximum Gasteiger partial charge on any atom is 0.167 e. The number of allylic oxidation sites excluding steroid dienone is 2. The van der Waals surface area contributed by atoms with Gasteiger partial charge in [0.05, 0.1) is 5.57 Å². The smallest absolute Gasteiger partial charge is 0.167 e. The van der Waals surface area contributed by atoms with E-state index in [1.165, 1.54) is 0 Å². The first-order valence-corrected chi connectivity index (χ1v) is 6.61. The summed E-state index contributed by atoms with van der Waals surface area (Å²) >= 11 is 0. The molecule has 1 fully saturated rings. The largest absolute Gasteiger partial charge is 0.294 e. The van der Waals surface area contributed by atoms with Crippen LogP contribution >= 0.6 is 0 Å². The summed E-state index contributed by atoms with van der Waals surface area (Å²) in [5.74, 6) is 0.448. The van der Waals surface area contributed by atoms with Crippen molar-refractivity contribution in [1.82, 2.24) is 0 Å². The van der Waals surface area contributed by atoms with E-state index in [1.54, 1.807) is 0 Å². The van der Waals surface area contributed by atoms with Gasteiger partial charge in [-0.05, 0) is 36.7 Å². The molecule has 0 saturated heterocycles. The van der Waals surface area contributed by atoms with E-state index in [-0.39, 0.29) is 17.0 Å². The second-order valence-corrected chi connectivity index (χ2v) is 5.56. The predicted molar refractivity (Wildman–Crippen MR) is 68.5 cm³/mol. The number of ketones is 2. The van der Waals surface area contributed by atoms with E-state index in [1.807, 2.05) is 0 Å². The van der Waals surface area contributed by atoms with E-state index in [9.17, 15) is 9.59 Å². The standard InChI is InChI=1S/C15H23O2/c1-5-15(6-2)9-13(16)12(14(17)10-15)8-7-11(3)4/h11H,5-7,9-10H2,1-4H3. The second kappa shape index (κ2) is 5.61. The first kappa shape index (κ1) is 14.1. The Balaban J connectivity index is 2.86. The maximum atomic E-state index is 12.0. The Labute approximate surface area is 104 Å². The Bertz CT molecular complexity index is 311. The minimum Gasteiger partial charge on any atom is -0.294 e. The Morgan fingerprint density at radius 3 is 1.94 bits per heavy atom. The lowest BCUT2D eigenvalue weighted by Gasteiger charge is -2.34. The van der Waals surface area contributed by atoms with E-state index in [2.05, 4.69) is 33.8 Å². The fourth-order valence-corrected chi connectivity index (χ4v) is 2.33. The van der Waals surface area contributed by atoms with Crippen molar-refractivity contribution in [2.45, 2.75) is 59.8 Å². The molecule has 2 heteroatoms. The zero-order valence-corrected chi connectivity index (χ0v) is 11.4. The molecule has 0 aromatic heterocycles. The summed E-state index contributed by atoms with van der Waals surface area (Å²) in [6.07, 6.45) is 6.56. The van der Waals surface area contributed by atoms with E-state index in [4.69, 9.17) is 0 Å². The Morgan fingerprint density at radius 1 is 1.12 bits per heavy atom. The van der Waals surface area contributed by atoms with Crippen molar-refractivity contribution in [3.05, 3.63) is 11.6 Å². The molecule has 1 saturated carbocycles. The van der Waals surface area contributed by atoms with E-state index >= 15 is 0 Å². The van der Waals surface area contributed by atoms with Gasteiger partial charge in [0.15, 0.2) is 11.6 Å². The normalized spacial score (nSPS) is 19.9. The second-order valence-electron chi connectivity index (χ2n) is 5.56. The number of Topliss-reactive ketones (excluding diaryl/α,β-unsaturated/α-hetero) is 2. The van der Waals surface area contributed by atoms with Crippen LogP contribution in [0.1, 0.15) is 59.8 Å². The van der Waals surface area contributed by atoms with Crippen molar-refractivity contribution in [1.29, 1.82) is 0 Å². The summed E-state index contributed by atoms with van der Waals surface area (Å²) in [6, 6.07) is 0. The minimum absolute atomic E-state index is 0.00519. The summed E-state index contributed by atoms with van der Waals surface area (Å²) in [7, 11) is 0. The Hall–Kier alpha value is -0.920. The zero-order valence-electron chi connectivity index (χ0n) is 11.4. The average molecular weight is 235 g/mol. The molecule has 0 atom stereocenters. The van der Waals surface area contributed by atoms with Crippen molar-refractivity contribution < 1.29 is 9.59 Å². The lowest BCUT2D eigenvalue weighted by molar-refractivity contribution is -0.128. The highest BCUT2D eigenvalue weighted by atomic mass is 16.1. The van der Waals surface area contributed by atoms with E-state index in [0.717, 1.165) is 12.8 Å². The van der Waals surface area contributed by atoms with Crippen LogP contribution in [-0.2, 0) is 9.59 Å². The lowest BCUT2D eigenvalue weighted by Crippen LogP contribution is -2.35. The number of rotatable bonds is 4. The van der Waals surface area contributed by atoms with Gasteiger partial charge in [0.25, 0.3) is 0 Å². The van der Waals surface area contributed by atoms with Gasteiger partial charge in [0, 0.05) is 12.8 Å². The molecule has 0 aliphatic heterocycles. The molecule has 0 heterocycles. The van der Waals surface area contributed by atoms with Gasteiger partial charge >= 0.3 is 0 Å². The van der Waals surface area contributed by atoms with Crippen molar-refractivity contribution in [3.8, 4) is 0 Å². The van der Waals surface area contributed by atoms with Crippen LogP contribution in [0.15, 0.2) is 5.57 Å². The Kier molecular flexibility index (Phi) is 4.67. The molecule has 0 spiro atoms. The maximum absolute atomic E-state index is 12.0. The molecule has 1 rings (SSSR count). The zero-order chi connectivity index (χ0) is 13.1. The number of carbonyl (C=O) groups excluding carboxylic acids is 2. The van der Waals surface area contributed by atoms with Gasteiger partial charge in [-0.1, -0.05) is 27.7 Å². The average Bonchev–Trinajstić information content (AvgIpc) is 2.27. The fourth-order valence-electron chi connectivity index (χ4n) is 2.33. The van der Waals surface area contributed by atoms with Gasteiger partial charge in [0.2, 0.25) is 0 Å². The highest BCUT2D eigenvalue weighted by Gasteiger charge is 2.39. The van der Waals surface area contributed by atoms with Crippen LogP contribution in [0.4, 0.5) is 0 Å². The van der Waals surface area contributed by atoms with Crippen LogP contribution in [0.2, 0.25) is 0 Å². The predicted octanol–water partition coefficient (Wildman–Crippen LogP) is 3.50. The molecule has 0 bridgehead atoms. The highest BCUT2D eigenvalue weighted by Crippen LogP contribution is 2.40. The first-order chi connectivity index (χ1) is 7.94. The third kappa shape index (κ3) is 3.27. The molecule has 0 aromatic carbocycles. The molecular weight excluding hydrogens is 212 g/mol. The summed E-state index contributed by atoms with van der Waals surface area (Å²) < 4.78 is 0. The van der Waals surface area contributed by atoms with Gasteiger partial charge in [0.1, 0.15) is 0 Å². The van der Waals surface area contributed by atoms with Crippen LogP contribution in [0, 0.1) is 17.4 Å². The Morgan fingerprint density at radius 2 is 1.59 bits per heavy atom. The van der Waals surface area contributed by atoms with Crippen LogP contribution in [0.25, 0.3) is 0 Å². The molecule has 17 heavy (non-hydrogen) atoms. The van der Waals surface area contributed by atoms with E-state index < -0.39 is 0 Å². The van der Waals surface area contributed by atoms with Crippen LogP contribution in [-0.4, -0.2) is 11.6 Å². The number of carbonyl (C=O) groups is 2. The lowest BCUT2D eigenvalue weighted by atomic mass is 9.68. The summed E-state index contributed by atoms with van der Waals surface area (Å²) in [6.45, 7) is 8.26. The molecular formula is C15H23O2. The number of hydrogen-bond acceptors (Lipinski definition) is 2. The summed E-state index contributed by atoms with van der Waals surface area (Å²) in [5, 5.41) is 0. The van der Waals surface area contributed by atoms with Gasteiger partial charge in [-0.2, -0.15) is 0 Å². The number of hydrogen-bond donors (Lipinski definition) is 0. The van der Waals surface area contributed by atoms with Crippen LogP contribution in [0.5, 0.6) is 0 Å². The van der Waals surface area contributed by atoms with Crippen LogP contribution < -0.4 is 0 Å². The molecule has 0 unspecified atom stereocenters. The van der Waals surface area contributed by atoms with Crippen molar-refractivity contribution in [3.63, 3.8) is 0 Å². The highest BCUT2D eigenvalue weighted by molar-refractivity contribution is 6.21. The molecule has 0 N–H and O–H groups in total. The van der Waals surface area contributed by atoms with Crippen molar-refractivity contribution >= 4 is 11.6 Å². The third-order valence-corrected chi connectivity index (χ3v) is 3.82. The topological polar surface area (TPSA) is 34.1 Å². The molecule has 1 aliphatic rings. The molecule has 1 radical (unpaired) electrons. The molecule has 95 valence electrons. The van der Waals surface area contributed by atoms with E-state index in [0.29, 0.717) is 30.8 Å². The molecule has 2 nitrogen and oxygen atoms in total. The van der Waals surface area contributed by atoms with Crippen molar-refractivity contribution in [2.24, 2.45) is 11.3 Å². The molecule has 1 aliphatic carbocycles. The SMILES string of the molecule is CCC1(CC)CC(=O)C(=[C]CC(C)C)C(=O)C1. The third-order valence-electron chi connectivity index (χ3n) is 3.82. The first-order valence-electron chi connectivity index (χ1n) is 6.61. The fraction of sp³-hybridized carbons (Fsp3) is 0.733. The molecule has 0 aromatic rings. The minimum atomic E-state index is -0.0861. The quantitative estimate of drug-likeness (QED) is 0.552. The van der Waals surface area contributed by atoms with Crippen LogP contribution in [0.3, 0.4) is 0 Å². The van der Waals surface area contributed by atoms with Gasteiger partial charge in [-0.25, -0.2) is 0 Å². The van der Waals surface area contributed by atoms with Crippen molar-refractivity contribution in [2.75, 3.05) is 0 Å². The van der Waals surface area contributed by atoms with Gasteiger partial charge in [-0.3, -0.25) is 9.59 Å². The summed E-state index contributed by atoms with van der Waals surface area (Å²) in [5.41, 5.74) is 0.258.